The summed E-state index contributed by atoms with van der Waals surface area (Å²) in [5.74, 6) is 0.591. The molecule has 1 atom stereocenters. The fourth-order valence-corrected chi connectivity index (χ4v) is 3.14. The Hall–Kier alpha value is -2.68. The maximum Gasteiger partial charge on any atom is 0.407 e. The highest BCUT2D eigenvalue weighted by Gasteiger charge is 2.28. The van der Waals surface area contributed by atoms with Crippen LogP contribution in [0.1, 0.15) is 27.2 Å². The van der Waals surface area contributed by atoms with E-state index in [1.165, 1.54) is 12.1 Å². The SMILES string of the molecule is CC(C)(C)OC(=O)NC1CCN(c2nc(Cl)nc3cc([N+](=O)[O-])ccc23)C1. The first-order chi connectivity index (χ1) is 12.6. The van der Waals surface area contributed by atoms with E-state index in [9.17, 15) is 14.9 Å². The number of non-ortho nitro benzene ring substituents is 1. The smallest absolute Gasteiger partial charge is 0.407 e. The zero-order chi connectivity index (χ0) is 19.8. The van der Waals surface area contributed by atoms with Gasteiger partial charge >= 0.3 is 6.09 Å². The quantitative estimate of drug-likeness (QED) is 0.483. The highest BCUT2D eigenvalue weighted by molar-refractivity contribution is 6.28. The van der Waals surface area contributed by atoms with E-state index in [0.29, 0.717) is 29.8 Å². The Labute approximate surface area is 160 Å². The van der Waals surface area contributed by atoms with Gasteiger partial charge in [0.15, 0.2) is 0 Å². The number of carbonyl (C=O) groups excluding carboxylic acids is 1. The van der Waals surface area contributed by atoms with E-state index in [-0.39, 0.29) is 17.0 Å². The number of nitro groups is 1. The molecule has 1 aliphatic heterocycles. The molecule has 1 unspecified atom stereocenters. The number of rotatable bonds is 3. The van der Waals surface area contributed by atoms with E-state index in [1.807, 2.05) is 25.7 Å². The largest absolute Gasteiger partial charge is 0.444 e. The number of nitrogens with zero attached hydrogens (tertiary/aromatic N) is 4. The van der Waals surface area contributed by atoms with Crippen LogP contribution in [0.25, 0.3) is 10.9 Å². The van der Waals surface area contributed by atoms with E-state index in [4.69, 9.17) is 16.3 Å². The summed E-state index contributed by atoms with van der Waals surface area (Å²) in [7, 11) is 0. The molecule has 27 heavy (non-hydrogen) atoms. The van der Waals surface area contributed by atoms with Crippen LogP contribution in [0.4, 0.5) is 16.3 Å². The van der Waals surface area contributed by atoms with Gasteiger partial charge in [-0.1, -0.05) is 0 Å². The van der Waals surface area contributed by atoms with Crippen molar-refractivity contribution in [2.75, 3.05) is 18.0 Å². The molecule has 2 aromatic rings. The van der Waals surface area contributed by atoms with Crippen LogP contribution in [0, 0.1) is 10.1 Å². The van der Waals surface area contributed by atoms with Gasteiger partial charge in [-0.3, -0.25) is 10.1 Å². The van der Waals surface area contributed by atoms with Gasteiger partial charge in [0.1, 0.15) is 11.4 Å². The van der Waals surface area contributed by atoms with Crippen LogP contribution >= 0.6 is 11.6 Å². The molecule has 0 spiro atoms. The summed E-state index contributed by atoms with van der Waals surface area (Å²) < 4.78 is 5.29. The maximum atomic E-state index is 12.0. The van der Waals surface area contributed by atoms with Crippen molar-refractivity contribution in [1.82, 2.24) is 15.3 Å². The Balaban J connectivity index is 1.80. The van der Waals surface area contributed by atoms with Crippen LogP contribution in [0.2, 0.25) is 5.28 Å². The van der Waals surface area contributed by atoms with Crippen molar-refractivity contribution in [1.29, 1.82) is 0 Å². The molecule has 1 aromatic carbocycles. The molecular weight excluding hydrogens is 374 g/mol. The van der Waals surface area contributed by atoms with Crippen molar-refractivity contribution >= 4 is 40.1 Å². The summed E-state index contributed by atoms with van der Waals surface area (Å²) >= 11 is 6.02. The molecule has 1 fully saturated rings. The number of carbonyl (C=O) groups is 1. The fraction of sp³-hybridized carbons (Fsp3) is 0.471. The fourth-order valence-electron chi connectivity index (χ4n) is 2.97. The molecule has 1 saturated heterocycles. The predicted molar refractivity (Wildman–Crippen MR) is 101 cm³/mol. The van der Waals surface area contributed by atoms with Crippen molar-refractivity contribution in [2.45, 2.75) is 38.8 Å². The number of aromatic nitrogens is 2. The first-order valence-corrected chi connectivity index (χ1v) is 8.86. The molecule has 10 heteroatoms. The molecule has 0 aliphatic carbocycles. The average Bonchev–Trinajstić information content (AvgIpc) is 2.99. The predicted octanol–water partition coefficient (Wildman–Crippen LogP) is 3.29. The normalized spacial score (nSPS) is 17.2. The van der Waals surface area contributed by atoms with Crippen molar-refractivity contribution < 1.29 is 14.5 Å². The van der Waals surface area contributed by atoms with Crippen LogP contribution in [0.3, 0.4) is 0 Å². The number of hydrogen-bond donors (Lipinski definition) is 1. The Morgan fingerprint density at radius 3 is 2.81 bits per heavy atom. The highest BCUT2D eigenvalue weighted by atomic mass is 35.5. The lowest BCUT2D eigenvalue weighted by Crippen LogP contribution is -2.40. The van der Waals surface area contributed by atoms with Gasteiger partial charge in [-0.25, -0.2) is 9.78 Å². The Bertz CT molecular complexity index is 899. The summed E-state index contributed by atoms with van der Waals surface area (Å²) in [4.78, 5) is 32.8. The summed E-state index contributed by atoms with van der Waals surface area (Å²) in [6.45, 7) is 6.60. The monoisotopic (exact) mass is 393 g/mol. The van der Waals surface area contributed by atoms with Gasteiger partial charge < -0.3 is 15.0 Å². The molecular formula is C17H20ClN5O4. The van der Waals surface area contributed by atoms with Crippen LogP contribution in [0.5, 0.6) is 0 Å². The molecule has 1 N–H and O–H groups in total. The molecule has 1 amide bonds. The lowest BCUT2D eigenvalue weighted by Gasteiger charge is -2.22. The second-order valence-corrected chi connectivity index (χ2v) is 7.69. The van der Waals surface area contributed by atoms with Crippen molar-refractivity contribution in [3.63, 3.8) is 0 Å². The lowest BCUT2D eigenvalue weighted by atomic mass is 10.2. The van der Waals surface area contributed by atoms with Gasteiger partial charge in [-0.05, 0) is 44.9 Å². The molecule has 9 nitrogen and oxygen atoms in total. The highest BCUT2D eigenvalue weighted by Crippen LogP contribution is 2.30. The third-order valence-corrected chi connectivity index (χ3v) is 4.22. The Morgan fingerprint density at radius 2 is 2.15 bits per heavy atom. The van der Waals surface area contributed by atoms with Gasteiger partial charge in [-0.2, -0.15) is 4.98 Å². The second kappa shape index (κ2) is 7.15. The minimum atomic E-state index is -0.562. The molecule has 144 valence electrons. The average molecular weight is 394 g/mol. The number of nitrogens with one attached hydrogen (secondary N) is 1. The van der Waals surface area contributed by atoms with Crippen LogP contribution < -0.4 is 10.2 Å². The lowest BCUT2D eigenvalue weighted by molar-refractivity contribution is -0.384. The molecule has 3 rings (SSSR count). The third-order valence-electron chi connectivity index (χ3n) is 4.05. The summed E-state index contributed by atoms with van der Waals surface area (Å²) in [6, 6.07) is 4.31. The first-order valence-electron chi connectivity index (χ1n) is 8.48. The molecule has 1 aromatic heterocycles. The number of hydrogen-bond acceptors (Lipinski definition) is 7. The number of halogens is 1. The number of fused-ring (bicyclic) bond motifs is 1. The Kier molecular flexibility index (Phi) is 5.05. The van der Waals surface area contributed by atoms with Gasteiger partial charge in [-0.15, -0.1) is 0 Å². The number of benzene rings is 1. The summed E-state index contributed by atoms with van der Waals surface area (Å²) in [5.41, 5.74) is -0.218. The number of nitro benzene ring substituents is 1. The maximum absolute atomic E-state index is 12.0. The molecule has 0 bridgehead atoms. The second-order valence-electron chi connectivity index (χ2n) is 7.35. The number of ether oxygens (including phenoxy) is 1. The number of anilines is 1. The van der Waals surface area contributed by atoms with Crippen LogP contribution in [0.15, 0.2) is 18.2 Å². The van der Waals surface area contributed by atoms with Gasteiger partial charge in [0.25, 0.3) is 5.69 Å². The van der Waals surface area contributed by atoms with Crippen LogP contribution in [-0.2, 0) is 4.74 Å². The van der Waals surface area contributed by atoms with Gasteiger partial charge in [0.2, 0.25) is 5.28 Å². The Morgan fingerprint density at radius 1 is 1.41 bits per heavy atom. The summed E-state index contributed by atoms with van der Waals surface area (Å²) in [6.07, 6.45) is 0.255. The molecule has 2 heterocycles. The standard InChI is InChI=1S/C17H20ClN5O4/c1-17(2,3)27-16(24)19-10-6-7-22(9-10)14-12-5-4-11(23(25)26)8-13(12)20-15(18)21-14/h4-5,8,10H,6-7,9H2,1-3H3,(H,19,24). The minimum absolute atomic E-state index is 0.0153. The van der Waals surface area contributed by atoms with E-state index < -0.39 is 16.6 Å². The first kappa shape index (κ1) is 19.1. The van der Waals surface area contributed by atoms with E-state index >= 15 is 0 Å². The topological polar surface area (TPSA) is 110 Å². The zero-order valence-corrected chi connectivity index (χ0v) is 16.0. The van der Waals surface area contributed by atoms with Crippen molar-refractivity contribution in [3.05, 3.63) is 33.6 Å². The number of amides is 1. The summed E-state index contributed by atoms with van der Waals surface area (Å²) in [5, 5.41) is 14.5. The van der Waals surface area contributed by atoms with E-state index in [0.717, 1.165) is 6.42 Å². The number of alkyl carbamates (subject to hydrolysis) is 1. The molecule has 0 saturated carbocycles. The minimum Gasteiger partial charge on any atom is -0.444 e. The van der Waals surface area contributed by atoms with Crippen molar-refractivity contribution in [3.8, 4) is 0 Å². The van der Waals surface area contributed by atoms with Crippen LogP contribution in [-0.4, -0.2) is 45.7 Å². The van der Waals surface area contributed by atoms with E-state index in [1.54, 1.807) is 6.07 Å². The molecule has 1 aliphatic rings. The van der Waals surface area contributed by atoms with E-state index in [2.05, 4.69) is 15.3 Å². The van der Waals surface area contributed by atoms with Crippen molar-refractivity contribution in [2.24, 2.45) is 0 Å². The third kappa shape index (κ3) is 4.54. The zero-order valence-electron chi connectivity index (χ0n) is 15.2. The van der Waals surface area contributed by atoms with Gasteiger partial charge in [0.05, 0.1) is 16.5 Å². The molecule has 0 radical (unpaired) electrons. The van der Waals surface area contributed by atoms with Gasteiger partial charge in [0, 0.05) is 30.6 Å².